The van der Waals surface area contributed by atoms with Crippen molar-refractivity contribution in [1.82, 2.24) is 9.55 Å². The Morgan fingerprint density at radius 3 is 2.52 bits per heavy atom. The molecule has 0 bridgehead atoms. The van der Waals surface area contributed by atoms with Gasteiger partial charge in [0.1, 0.15) is 10.7 Å². The average molecular weight is 492 g/mol. The molecule has 10 heteroatoms. The van der Waals surface area contributed by atoms with Crippen LogP contribution in [0.5, 0.6) is 0 Å². The van der Waals surface area contributed by atoms with Gasteiger partial charge in [0.15, 0.2) is 5.15 Å². The van der Waals surface area contributed by atoms with Crippen LogP contribution in [0, 0.1) is 0 Å². The molecular weight excluding hydrogens is 466 g/mol. The number of methoxy groups -OCH3 is 1. The molecule has 1 amide bonds. The van der Waals surface area contributed by atoms with Gasteiger partial charge in [0.05, 0.1) is 17.9 Å². The van der Waals surface area contributed by atoms with Gasteiger partial charge in [-0.2, -0.15) is 8.42 Å². The number of anilines is 1. The number of nitrogens with zero attached hydrogens (tertiary/aromatic N) is 2. The quantitative estimate of drug-likeness (QED) is 0.402. The maximum atomic E-state index is 12.6. The first-order valence-corrected chi connectivity index (χ1v) is 12.3. The van der Waals surface area contributed by atoms with Crippen LogP contribution in [0.15, 0.2) is 53.4 Å². The number of imidazole rings is 1. The van der Waals surface area contributed by atoms with Crippen molar-refractivity contribution in [2.24, 2.45) is 0 Å². The van der Waals surface area contributed by atoms with Gasteiger partial charge in [-0.1, -0.05) is 49.2 Å². The molecule has 0 radical (unpaired) electrons. The Kier molecular flexibility index (Phi) is 8.25. The third kappa shape index (κ3) is 6.20. The number of aromatic nitrogens is 2. The fraction of sp³-hybridized carbons (Fsp3) is 0.304. The fourth-order valence-electron chi connectivity index (χ4n) is 3.45. The van der Waals surface area contributed by atoms with Gasteiger partial charge >= 0.3 is 0 Å². The van der Waals surface area contributed by atoms with E-state index in [0.29, 0.717) is 24.0 Å². The van der Waals surface area contributed by atoms with Gasteiger partial charge in [-0.05, 0) is 36.2 Å². The largest absolute Gasteiger partial charge is 0.378 e. The summed E-state index contributed by atoms with van der Waals surface area (Å²) < 4.78 is 39.8. The third-order valence-electron chi connectivity index (χ3n) is 5.10. The number of carbonyl (C=O) groups excluding carboxylic acids is 1. The Labute approximate surface area is 198 Å². The van der Waals surface area contributed by atoms with Crippen molar-refractivity contribution in [2.75, 3.05) is 12.4 Å². The molecule has 1 aromatic heterocycles. The summed E-state index contributed by atoms with van der Waals surface area (Å²) in [5, 5.41) is 3.10. The van der Waals surface area contributed by atoms with Crippen LogP contribution in [0.2, 0.25) is 5.15 Å². The first kappa shape index (κ1) is 24.9. The second-order valence-corrected chi connectivity index (χ2v) is 9.26. The van der Waals surface area contributed by atoms with Crippen molar-refractivity contribution in [1.29, 1.82) is 0 Å². The Morgan fingerprint density at radius 1 is 1.18 bits per heavy atom. The fourth-order valence-corrected chi connectivity index (χ4v) is 4.39. The molecule has 3 rings (SSSR count). The molecule has 0 spiro atoms. The van der Waals surface area contributed by atoms with E-state index in [1.165, 1.54) is 24.3 Å². The minimum atomic E-state index is -4.52. The number of amides is 1. The maximum Gasteiger partial charge on any atom is 0.295 e. The highest BCUT2D eigenvalue weighted by Crippen LogP contribution is 2.23. The van der Waals surface area contributed by atoms with Crippen molar-refractivity contribution < 1.29 is 22.5 Å². The van der Waals surface area contributed by atoms with Gasteiger partial charge < -0.3 is 14.6 Å². The van der Waals surface area contributed by atoms with Gasteiger partial charge in [-0.15, -0.1) is 0 Å². The topological polar surface area (TPSA) is 111 Å². The van der Waals surface area contributed by atoms with Crippen LogP contribution < -0.4 is 5.32 Å². The normalized spacial score (nSPS) is 11.5. The van der Waals surface area contributed by atoms with Crippen molar-refractivity contribution >= 4 is 33.3 Å². The molecule has 176 valence electrons. The third-order valence-corrected chi connectivity index (χ3v) is 6.31. The molecule has 8 nitrogen and oxygen atoms in total. The summed E-state index contributed by atoms with van der Waals surface area (Å²) in [6, 6.07) is 12.6. The number of ether oxygens (including phenoxy) is 1. The van der Waals surface area contributed by atoms with E-state index in [1.807, 2.05) is 12.1 Å². The number of hydrogen-bond acceptors (Lipinski definition) is 5. The zero-order valence-electron chi connectivity index (χ0n) is 18.4. The number of rotatable bonds is 10. The molecule has 1 heterocycles. The van der Waals surface area contributed by atoms with Crippen molar-refractivity contribution in [3.8, 4) is 0 Å². The van der Waals surface area contributed by atoms with Crippen LogP contribution >= 0.6 is 11.6 Å². The summed E-state index contributed by atoms with van der Waals surface area (Å²) in [6.07, 6.45) is 2.84. The minimum absolute atomic E-state index is 0.137. The average Bonchev–Trinajstić information content (AvgIpc) is 3.07. The lowest BCUT2D eigenvalue weighted by Crippen LogP contribution is -2.16. The van der Waals surface area contributed by atoms with Crippen LogP contribution in [-0.4, -0.2) is 35.5 Å². The lowest BCUT2D eigenvalue weighted by atomic mass is 10.1. The summed E-state index contributed by atoms with van der Waals surface area (Å²) in [5.41, 5.74) is 2.13. The number of nitrogens with one attached hydrogen (secondary N) is 1. The molecule has 0 aliphatic carbocycles. The Hall–Kier alpha value is -2.72. The van der Waals surface area contributed by atoms with E-state index in [-0.39, 0.29) is 5.56 Å². The Bertz CT molecular complexity index is 1220. The van der Waals surface area contributed by atoms with Gasteiger partial charge in [0.2, 0.25) is 0 Å². The summed E-state index contributed by atoms with van der Waals surface area (Å²) in [7, 11) is -2.91. The van der Waals surface area contributed by atoms with Crippen LogP contribution in [0.25, 0.3) is 0 Å². The number of aryl methyl sites for hydroxylation is 1. The summed E-state index contributed by atoms with van der Waals surface area (Å²) in [4.78, 5) is 16.7. The zero-order valence-corrected chi connectivity index (χ0v) is 20.0. The van der Waals surface area contributed by atoms with Crippen LogP contribution in [-0.2, 0) is 34.4 Å². The number of halogens is 1. The predicted molar refractivity (Wildman–Crippen MR) is 126 cm³/mol. The van der Waals surface area contributed by atoms with Gasteiger partial charge in [-0.3, -0.25) is 9.35 Å². The highest BCUT2D eigenvalue weighted by Gasteiger charge is 2.20. The molecule has 2 aromatic carbocycles. The highest BCUT2D eigenvalue weighted by molar-refractivity contribution is 7.86. The SMILES string of the molecule is CCCCc1nc(Cl)c(COC)n1Cc1ccc(NC(=O)c2ccccc2S(=O)(=O)O)cc1. The molecule has 0 unspecified atom stereocenters. The van der Waals surface area contributed by atoms with Crippen molar-refractivity contribution in [3.63, 3.8) is 0 Å². The Balaban J connectivity index is 1.79. The van der Waals surface area contributed by atoms with E-state index < -0.39 is 20.9 Å². The first-order chi connectivity index (χ1) is 15.7. The smallest absolute Gasteiger partial charge is 0.295 e. The van der Waals surface area contributed by atoms with E-state index >= 15 is 0 Å². The molecule has 0 saturated carbocycles. The molecule has 0 saturated heterocycles. The lowest BCUT2D eigenvalue weighted by Gasteiger charge is -2.13. The predicted octanol–water partition coefficient (Wildman–Crippen LogP) is 4.57. The highest BCUT2D eigenvalue weighted by atomic mass is 35.5. The molecule has 0 fully saturated rings. The van der Waals surface area contributed by atoms with Crippen molar-refractivity contribution in [3.05, 3.63) is 76.3 Å². The molecule has 0 atom stereocenters. The van der Waals surface area contributed by atoms with E-state index in [2.05, 4.69) is 21.8 Å². The number of benzene rings is 2. The standard InChI is InChI=1S/C23H26ClN3O5S/c1-3-4-9-21-26-22(24)19(15-32-2)27(21)14-16-10-12-17(13-11-16)25-23(28)18-7-5-6-8-20(18)33(29,30)31/h5-8,10-13H,3-4,9,14-15H2,1-2H3,(H,25,28)(H,29,30,31). The van der Waals surface area contributed by atoms with Crippen LogP contribution in [0.1, 0.15) is 47.2 Å². The first-order valence-electron chi connectivity index (χ1n) is 10.4. The molecule has 3 aromatic rings. The second kappa shape index (κ2) is 10.9. The summed E-state index contributed by atoms with van der Waals surface area (Å²) >= 11 is 6.34. The van der Waals surface area contributed by atoms with E-state index in [0.717, 1.165) is 36.3 Å². The minimum Gasteiger partial charge on any atom is -0.378 e. The van der Waals surface area contributed by atoms with E-state index in [1.54, 1.807) is 19.2 Å². The molecule has 0 aliphatic heterocycles. The summed E-state index contributed by atoms with van der Waals surface area (Å²) in [5.74, 6) is 0.259. The van der Waals surface area contributed by atoms with Gasteiger partial charge in [0.25, 0.3) is 16.0 Å². The lowest BCUT2D eigenvalue weighted by molar-refractivity contribution is 0.102. The van der Waals surface area contributed by atoms with Crippen LogP contribution in [0.4, 0.5) is 5.69 Å². The van der Waals surface area contributed by atoms with Crippen molar-refractivity contribution in [2.45, 2.75) is 44.2 Å². The van der Waals surface area contributed by atoms with Crippen LogP contribution in [0.3, 0.4) is 0 Å². The van der Waals surface area contributed by atoms with Gasteiger partial charge in [0, 0.05) is 25.8 Å². The van der Waals surface area contributed by atoms with E-state index in [9.17, 15) is 17.8 Å². The Morgan fingerprint density at radius 2 is 1.88 bits per heavy atom. The molecule has 33 heavy (non-hydrogen) atoms. The van der Waals surface area contributed by atoms with Gasteiger partial charge in [-0.25, -0.2) is 4.98 Å². The molecule has 0 aliphatic rings. The number of carbonyl (C=O) groups is 1. The maximum absolute atomic E-state index is 12.6. The molecular formula is C23H26ClN3O5S. The summed E-state index contributed by atoms with van der Waals surface area (Å²) in [6.45, 7) is 3.00. The zero-order chi connectivity index (χ0) is 24.0. The monoisotopic (exact) mass is 491 g/mol. The molecule has 2 N–H and O–H groups in total. The van der Waals surface area contributed by atoms with E-state index in [4.69, 9.17) is 16.3 Å². The number of unbranched alkanes of at least 4 members (excludes halogenated alkanes) is 1. The number of hydrogen-bond donors (Lipinski definition) is 2. The second-order valence-electron chi connectivity index (χ2n) is 7.51.